The van der Waals surface area contributed by atoms with Crippen molar-refractivity contribution in [1.29, 1.82) is 0 Å². The number of carbonyl (C=O) groups is 2. The number of anilines is 1. The number of benzene rings is 2. The third-order valence-electron chi connectivity index (χ3n) is 4.69. The lowest BCUT2D eigenvalue weighted by Gasteiger charge is -2.10. The summed E-state index contributed by atoms with van der Waals surface area (Å²) in [5.41, 5.74) is 4.13. The van der Waals surface area contributed by atoms with Gasteiger partial charge in [-0.25, -0.2) is 4.79 Å². The molecule has 30 heavy (non-hydrogen) atoms. The lowest BCUT2D eigenvalue weighted by Crippen LogP contribution is -2.16. The van der Waals surface area contributed by atoms with Gasteiger partial charge in [0.1, 0.15) is 10.6 Å². The maximum atomic E-state index is 12.7. The normalized spacial score (nSPS) is 10.8. The molecule has 1 amide bonds. The van der Waals surface area contributed by atoms with Crippen LogP contribution in [0.25, 0.3) is 11.1 Å². The maximum absolute atomic E-state index is 12.7. The summed E-state index contributed by atoms with van der Waals surface area (Å²) >= 11 is 7.22. The van der Waals surface area contributed by atoms with Crippen LogP contribution >= 0.6 is 22.9 Å². The molecule has 3 aromatic rings. The average molecular weight is 442 g/mol. The number of ether oxygens (including phenoxy) is 1. The quantitative estimate of drug-likeness (QED) is 0.423. The van der Waals surface area contributed by atoms with Gasteiger partial charge in [0.2, 0.25) is 5.91 Å². The maximum Gasteiger partial charge on any atom is 0.341 e. The van der Waals surface area contributed by atoms with Crippen LogP contribution in [-0.2, 0) is 16.0 Å². The fraction of sp³-hybridized carbons (Fsp3) is 0.250. The summed E-state index contributed by atoms with van der Waals surface area (Å²) in [5, 5.41) is 5.88. The lowest BCUT2D eigenvalue weighted by atomic mass is 9.98. The zero-order chi connectivity index (χ0) is 21.7. The van der Waals surface area contributed by atoms with Gasteiger partial charge in [0, 0.05) is 16.0 Å². The van der Waals surface area contributed by atoms with E-state index in [4.69, 9.17) is 16.3 Å². The van der Waals surface area contributed by atoms with Gasteiger partial charge in [-0.2, -0.15) is 0 Å². The number of halogens is 1. The molecule has 0 saturated carbocycles. The van der Waals surface area contributed by atoms with Crippen molar-refractivity contribution >= 4 is 39.8 Å². The fourth-order valence-corrected chi connectivity index (χ4v) is 4.17. The smallest absolute Gasteiger partial charge is 0.341 e. The van der Waals surface area contributed by atoms with Gasteiger partial charge in [0.25, 0.3) is 0 Å². The van der Waals surface area contributed by atoms with E-state index in [-0.39, 0.29) is 18.9 Å². The lowest BCUT2D eigenvalue weighted by molar-refractivity contribution is -0.115. The van der Waals surface area contributed by atoms with Gasteiger partial charge in [0.15, 0.2) is 0 Å². The highest BCUT2D eigenvalue weighted by Gasteiger charge is 2.23. The van der Waals surface area contributed by atoms with E-state index >= 15 is 0 Å². The molecule has 0 saturated heterocycles. The van der Waals surface area contributed by atoms with Gasteiger partial charge >= 0.3 is 5.97 Å². The minimum Gasteiger partial charge on any atom is -0.462 e. The molecule has 1 aromatic heterocycles. The highest BCUT2D eigenvalue weighted by molar-refractivity contribution is 7.15. The van der Waals surface area contributed by atoms with Crippen LogP contribution in [0.2, 0.25) is 5.02 Å². The van der Waals surface area contributed by atoms with Crippen molar-refractivity contribution in [3.8, 4) is 11.1 Å². The molecule has 4 nitrogen and oxygen atoms in total. The molecule has 156 valence electrons. The number of nitrogens with one attached hydrogen (secondary N) is 1. The Balaban J connectivity index is 1.87. The molecular weight excluding hydrogens is 418 g/mol. The first-order chi connectivity index (χ1) is 14.4. The molecule has 1 N–H and O–H groups in total. The molecule has 3 rings (SSSR count). The Morgan fingerprint density at radius 3 is 2.33 bits per heavy atom. The molecule has 0 fully saturated rings. The van der Waals surface area contributed by atoms with Crippen LogP contribution in [0.3, 0.4) is 0 Å². The first-order valence-corrected chi connectivity index (χ1v) is 11.1. The molecule has 0 spiro atoms. The Morgan fingerprint density at radius 2 is 1.73 bits per heavy atom. The second kappa shape index (κ2) is 9.92. The van der Waals surface area contributed by atoms with E-state index < -0.39 is 5.97 Å². The Kier molecular flexibility index (Phi) is 7.29. The number of hydrogen-bond acceptors (Lipinski definition) is 4. The molecule has 0 radical (unpaired) electrons. The van der Waals surface area contributed by atoms with Gasteiger partial charge in [-0.05, 0) is 41.7 Å². The third-order valence-corrected chi connectivity index (χ3v) is 5.84. The summed E-state index contributed by atoms with van der Waals surface area (Å²) < 4.78 is 5.27. The van der Waals surface area contributed by atoms with Crippen LogP contribution in [0.1, 0.15) is 48.2 Å². The molecule has 2 aromatic carbocycles. The largest absolute Gasteiger partial charge is 0.462 e. The Hall–Kier alpha value is -2.63. The number of amides is 1. The van der Waals surface area contributed by atoms with E-state index in [1.54, 1.807) is 19.1 Å². The Labute approximate surface area is 185 Å². The topological polar surface area (TPSA) is 55.4 Å². The molecule has 0 aliphatic rings. The predicted octanol–water partition coefficient (Wildman–Crippen LogP) is 6.55. The number of thiophene rings is 1. The minimum absolute atomic E-state index is 0.190. The molecular formula is C24H24ClNO3S. The van der Waals surface area contributed by atoms with Crippen LogP contribution in [0, 0.1) is 0 Å². The molecule has 0 bridgehead atoms. The van der Waals surface area contributed by atoms with Crippen molar-refractivity contribution < 1.29 is 14.3 Å². The Morgan fingerprint density at radius 1 is 1.07 bits per heavy atom. The second-order valence-corrected chi connectivity index (χ2v) is 8.52. The third kappa shape index (κ3) is 5.29. The van der Waals surface area contributed by atoms with E-state index in [0.29, 0.717) is 21.5 Å². The summed E-state index contributed by atoms with van der Waals surface area (Å²) in [5.74, 6) is -0.219. The fourth-order valence-electron chi connectivity index (χ4n) is 3.07. The first kappa shape index (κ1) is 22.1. The number of rotatable bonds is 7. The van der Waals surface area contributed by atoms with E-state index in [0.717, 1.165) is 16.7 Å². The number of carbonyl (C=O) groups excluding carboxylic acids is 2. The highest BCUT2D eigenvalue weighted by Crippen LogP contribution is 2.37. The summed E-state index contributed by atoms with van der Waals surface area (Å²) in [6.45, 7) is 6.30. The summed E-state index contributed by atoms with van der Waals surface area (Å²) in [6.07, 6.45) is 0.190. The summed E-state index contributed by atoms with van der Waals surface area (Å²) in [7, 11) is 0. The second-order valence-electron chi connectivity index (χ2n) is 7.20. The summed E-state index contributed by atoms with van der Waals surface area (Å²) in [4.78, 5) is 25.3. The van der Waals surface area contributed by atoms with Crippen molar-refractivity contribution in [2.75, 3.05) is 11.9 Å². The van der Waals surface area contributed by atoms with E-state index in [2.05, 4.69) is 31.3 Å². The number of hydrogen-bond donors (Lipinski definition) is 1. The highest BCUT2D eigenvalue weighted by atomic mass is 35.5. The monoisotopic (exact) mass is 441 g/mol. The first-order valence-electron chi connectivity index (χ1n) is 9.82. The van der Waals surface area contributed by atoms with Crippen LogP contribution in [0.15, 0.2) is 53.9 Å². The van der Waals surface area contributed by atoms with E-state index in [9.17, 15) is 9.59 Å². The van der Waals surface area contributed by atoms with Crippen LogP contribution in [0.4, 0.5) is 5.00 Å². The molecule has 0 atom stereocenters. The Bertz CT molecular complexity index is 1020. The zero-order valence-electron chi connectivity index (χ0n) is 17.2. The van der Waals surface area contributed by atoms with Gasteiger partial charge in [0.05, 0.1) is 13.0 Å². The van der Waals surface area contributed by atoms with Crippen LogP contribution in [-0.4, -0.2) is 18.5 Å². The van der Waals surface area contributed by atoms with E-state index in [1.807, 2.05) is 29.6 Å². The average Bonchev–Trinajstić information content (AvgIpc) is 3.13. The number of esters is 1. The van der Waals surface area contributed by atoms with Crippen molar-refractivity contribution in [2.45, 2.75) is 33.1 Å². The van der Waals surface area contributed by atoms with Gasteiger partial charge < -0.3 is 10.1 Å². The zero-order valence-corrected chi connectivity index (χ0v) is 18.8. The summed E-state index contributed by atoms with van der Waals surface area (Å²) in [6, 6.07) is 15.2. The molecule has 1 heterocycles. The van der Waals surface area contributed by atoms with Crippen molar-refractivity contribution in [2.24, 2.45) is 0 Å². The predicted molar refractivity (Wildman–Crippen MR) is 124 cm³/mol. The minimum atomic E-state index is -0.441. The molecule has 0 unspecified atom stereocenters. The molecule has 0 aliphatic heterocycles. The molecule has 6 heteroatoms. The van der Waals surface area contributed by atoms with Gasteiger partial charge in [-0.3, -0.25) is 4.79 Å². The van der Waals surface area contributed by atoms with Crippen molar-refractivity contribution in [3.05, 3.63) is 75.6 Å². The van der Waals surface area contributed by atoms with Gasteiger partial charge in [-0.15, -0.1) is 11.3 Å². The van der Waals surface area contributed by atoms with Crippen molar-refractivity contribution in [3.63, 3.8) is 0 Å². The van der Waals surface area contributed by atoms with E-state index in [1.165, 1.54) is 16.9 Å². The van der Waals surface area contributed by atoms with Crippen LogP contribution < -0.4 is 5.32 Å². The molecule has 0 aliphatic carbocycles. The van der Waals surface area contributed by atoms with Crippen molar-refractivity contribution in [1.82, 2.24) is 0 Å². The SMILES string of the molecule is CCOC(=O)c1c(-c2ccc(C(C)C)cc2)csc1NC(=O)Cc1ccc(Cl)cc1. The van der Waals surface area contributed by atoms with Gasteiger partial charge in [-0.1, -0.05) is 61.8 Å². The van der Waals surface area contributed by atoms with Crippen LogP contribution in [0.5, 0.6) is 0 Å². The standard InChI is InChI=1S/C24H24ClNO3S/c1-4-29-24(28)22-20(18-9-7-17(8-10-18)15(2)3)14-30-23(22)26-21(27)13-16-5-11-19(25)12-6-16/h5-12,14-15H,4,13H2,1-3H3,(H,26,27).